The van der Waals surface area contributed by atoms with E-state index in [1.54, 1.807) is 14.2 Å². The van der Waals surface area contributed by atoms with E-state index in [-0.39, 0.29) is 30.5 Å². The predicted molar refractivity (Wildman–Crippen MR) is 109 cm³/mol. The van der Waals surface area contributed by atoms with Crippen molar-refractivity contribution >= 4 is 18.3 Å². The summed E-state index contributed by atoms with van der Waals surface area (Å²) in [6.45, 7) is 8.55. The Bertz CT molecular complexity index is 653. The van der Waals surface area contributed by atoms with Crippen molar-refractivity contribution in [2.45, 2.75) is 58.2 Å². The van der Waals surface area contributed by atoms with Crippen molar-refractivity contribution in [3.8, 4) is 11.5 Å². The fourth-order valence-corrected chi connectivity index (χ4v) is 3.59. The van der Waals surface area contributed by atoms with Crippen LogP contribution in [0.1, 0.15) is 39.7 Å². The van der Waals surface area contributed by atoms with E-state index >= 15 is 0 Å². The van der Waals surface area contributed by atoms with Crippen LogP contribution in [0.3, 0.4) is 0 Å². The van der Waals surface area contributed by atoms with Crippen molar-refractivity contribution in [3.05, 3.63) is 23.8 Å². The van der Waals surface area contributed by atoms with Crippen LogP contribution in [-0.4, -0.2) is 44.4 Å². The Morgan fingerprint density at radius 3 is 2.44 bits per heavy atom. The third kappa shape index (κ3) is 4.50. The molecule has 1 aromatic rings. The molecule has 0 aromatic heterocycles. The van der Waals surface area contributed by atoms with Crippen LogP contribution in [-0.2, 0) is 16.0 Å². The smallest absolute Gasteiger partial charge is 0.241 e. The molecule has 0 heterocycles. The van der Waals surface area contributed by atoms with Gasteiger partial charge in [0.15, 0.2) is 11.5 Å². The van der Waals surface area contributed by atoms with Gasteiger partial charge in [0.1, 0.15) is 5.54 Å². The number of ether oxygens (including phenoxy) is 3. The van der Waals surface area contributed by atoms with Gasteiger partial charge in [0.05, 0.1) is 20.3 Å². The molecule has 1 aromatic carbocycles. The van der Waals surface area contributed by atoms with Crippen LogP contribution < -0.4 is 20.5 Å². The first-order chi connectivity index (χ1) is 12.2. The highest BCUT2D eigenvalue weighted by atomic mass is 35.5. The molecule has 1 aliphatic rings. The number of amides is 1. The number of rotatable bonds is 8. The summed E-state index contributed by atoms with van der Waals surface area (Å²) in [6, 6.07) is 5.72. The molecule has 154 valence electrons. The van der Waals surface area contributed by atoms with Crippen LogP contribution in [0.15, 0.2) is 18.2 Å². The maximum absolute atomic E-state index is 12.8. The van der Waals surface area contributed by atoms with E-state index in [0.717, 1.165) is 5.56 Å². The molecule has 7 heteroatoms. The zero-order valence-corrected chi connectivity index (χ0v) is 17.9. The highest BCUT2D eigenvalue weighted by Crippen LogP contribution is 2.49. The maximum atomic E-state index is 12.8. The number of hydrogen-bond acceptors (Lipinski definition) is 5. The van der Waals surface area contributed by atoms with Crippen molar-refractivity contribution in [2.24, 2.45) is 11.1 Å². The predicted octanol–water partition coefficient (Wildman–Crippen LogP) is 2.71. The molecule has 3 unspecified atom stereocenters. The number of hydrogen-bond donors (Lipinski definition) is 2. The largest absolute Gasteiger partial charge is 0.493 e. The van der Waals surface area contributed by atoms with E-state index in [2.05, 4.69) is 5.32 Å². The Hall–Kier alpha value is -1.50. The topological polar surface area (TPSA) is 82.8 Å². The molecule has 6 nitrogen and oxygen atoms in total. The zero-order valence-electron chi connectivity index (χ0n) is 17.1. The number of nitrogens with two attached hydrogens (primary N) is 1. The molecule has 0 radical (unpaired) electrons. The van der Waals surface area contributed by atoms with E-state index in [1.807, 2.05) is 45.9 Å². The Balaban J connectivity index is 0.00000364. The number of carbonyl (C=O) groups excluding carboxylic acids is 1. The van der Waals surface area contributed by atoms with Crippen LogP contribution in [0.2, 0.25) is 0 Å². The van der Waals surface area contributed by atoms with Gasteiger partial charge >= 0.3 is 0 Å². The maximum Gasteiger partial charge on any atom is 0.241 e. The van der Waals surface area contributed by atoms with Crippen molar-refractivity contribution in [2.75, 3.05) is 20.8 Å². The summed E-state index contributed by atoms with van der Waals surface area (Å²) >= 11 is 0. The molecule has 0 saturated heterocycles. The minimum Gasteiger partial charge on any atom is -0.493 e. The molecular formula is C20H33ClN2O4. The summed E-state index contributed by atoms with van der Waals surface area (Å²) in [7, 11) is 3.22. The van der Waals surface area contributed by atoms with Gasteiger partial charge in [-0.2, -0.15) is 0 Å². The minimum absolute atomic E-state index is 0. The first-order valence-electron chi connectivity index (χ1n) is 9.12. The first kappa shape index (κ1) is 23.5. The first-order valence-corrected chi connectivity index (χ1v) is 9.12. The molecule has 0 bridgehead atoms. The minimum atomic E-state index is -0.904. The van der Waals surface area contributed by atoms with Crippen LogP contribution in [0.25, 0.3) is 0 Å². The summed E-state index contributed by atoms with van der Waals surface area (Å²) in [6.07, 6.45) is 1.24. The van der Waals surface area contributed by atoms with Gasteiger partial charge in [-0.3, -0.25) is 4.79 Å². The van der Waals surface area contributed by atoms with Gasteiger partial charge in [0.25, 0.3) is 0 Å². The van der Waals surface area contributed by atoms with Crippen molar-refractivity contribution in [1.29, 1.82) is 0 Å². The molecule has 2 rings (SSSR count). The quantitative estimate of drug-likeness (QED) is 0.701. The van der Waals surface area contributed by atoms with E-state index in [4.69, 9.17) is 19.9 Å². The second-order valence-electron chi connectivity index (χ2n) is 7.61. The fraction of sp³-hybridized carbons (Fsp3) is 0.650. The number of nitrogens with one attached hydrogen (secondary N) is 1. The van der Waals surface area contributed by atoms with Crippen molar-refractivity contribution < 1.29 is 19.0 Å². The summed E-state index contributed by atoms with van der Waals surface area (Å²) in [4.78, 5) is 12.8. The summed E-state index contributed by atoms with van der Waals surface area (Å²) in [5, 5.41) is 3.06. The third-order valence-electron chi connectivity index (χ3n) is 5.60. The average molecular weight is 401 g/mol. The summed E-state index contributed by atoms with van der Waals surface area (Å²) in [5.74, 6) is 1.25. The Kier molecular flexibility index (Phi) is 7.96. The highest BCUT2D eigenvalue weighted by Gasteiger charge is 2.62. The van der Waals surface area contributed by atoms with E-state index in [1.165, 1.54) is 0 Å². The molecule has 1 saturated carbocycles. The molecule has 27 heavy (non-hydrogen) atoms. The van der Waals surface area contributed by atoms with Gasteiger partial charge < -0.3 is 25.3 Å². The molecule has 3 N–H and O–H groups in total. The van der Waals surface area contributed by atoms with Crippen LogP contribution in [0.5, 0.6) is 11.5 Å². The van der Waals surface area contributed by atoms with Gasteiger partial charge in [-0.05, 0) is 38.0 Å². The number of carbonyl (C=O) groups is 1. The van der Waals surface area contributed by atoms with E-state index in [9.17, 15) is 4.79 Å². The van der Waals surface area contributed by atoms with Crippen LogP contribution >= 0.6 is 12.4 Å². The molecule has 0 aliphatic heterocycles. The lowest BCUT2D eigenvalue weighted by atomic mass is 9.54. The summed E-state index contributed by atoms with van der Waals surface area (Å²) < 4.78 is 16.3. The second kappa shape index (κ2) is 9.13. The molecule has 0 spiro atoms. The lowest BCUT2D eigenvalue weighted by molar-refractivity contribution is -0.171. The molecule has 1 aliphatic carbocycles. The Morgan fingerprint density at radius 2 is 1.93 bits per heavy atom. The third-order valence-corrected chi connectivity index (χ3v) is 5.60. The van der Waals surface area contributed by atoms with Gasteiger partial charge in [-0.25, -0.2) is 0 Å². The van der Waals surface area contributed by atoms with Crippen molar-refractivity contribution in [1.82, 2.24) is 5.32 Å². The molecule has 3 atom stereocenters. The highest BCUT2D eigenvalue weighted by molar-refractivity contribution is 5.89. The normalized spacial score (nSPS) is 24.2. The zero-order chi connectivity index (χ0) is 19.5. The van der Waals surface area contributed by atoms with Gasteiger partial charge in [-0.15, -0.1) is 12.4 Å². The summed E-state index contributed by atoms with van der Waals surface area (Å²) in [5.41, 5.74) is 6.20. The van der Waals surface area contributed by atoms with Crippen LogP contribution in [0, 0.1) is 5.41 Å². The Labute approximate surface area is 168 Å². The number of halogens is 1. The lowest BCUT2D eigenvalue weighted by Crippen LogP contribution is -2.76. The lowest BCUT2D eigenvalue weighted by Gasteiger charge is -2.57. The molecular weight excluding hydrogens is 368 g/mol. The molecule has 1 amide bonds. The monoisotopic (exact) mass is 400 g/mol. The number of methoxy groups -OCH3 is 2. The van der Waals surface area contributed by atoms with Gasteiger partial charge in [-0.1, -0.05) is 19.9 Å². The fourth-order valence-electron chi connectivity index (χ4n) is 3.59. The SMILES string of the molecule is CCOC1CC(N)(C(=O)NC(C)Cc2ccc(OC)c(OC)c2)C1(C)C.Cl. The van der Waals surface area contributed by atoms with Gasteiger partial charge in [0, 0.05) is 24.5 Å². The van der Waals surface area contributed by atoms with Crippen molar-refractivity contribution in [3.63, 3.8) is 0 Å². The van der Waals surface area contributed by atoms with E-state index < -0.39 is 11.0 Å². The number of benzene rings is 1. The second-order valence-corrected chi connectivity index (χ2v) is 7.61. The Morgan fingerprint density at radius 1 is 1.30 bits per heavy atom. The van der Waals surface area contributed by atoms with E-state index in [0.29, 0.717) is 30.9 Å². The van der Waals surface area contributed by atoms with Crippen LogP contribution in [0.4, 0.5) is 0 Å². The average Bonchev–Trinajstić information content (AvgIpc) is 2.60. The standard InChI is InChI=1S/C20H32N2O4.ClH/c1-7-26-17-12-20(21,19(17,3)4)18(23)22-13(2)10-14-8-9-15(24-5)16(11-14)25-6;/h8-9,11,13,17H,7,10,12,21H2,1-6H3,(H,22,23);1H. The van der Waals surface area contributed by atoms with Gasteiger partial charge in [0.2, 0.25) is 5.91 Å². The molecule has 1 fully saturated rings.